The van der Waals surface area contributed by atoms with Crippen molar-refractivity contribution in [1.29, 1.82) is 5.26 Å². The van der Waals surface area contributed by atoms with E-state index in [1.165, 1.54) is 0 Å². The zero-order valence-electron chi connectivity index (χ0n) is 9.73. The van der Waals surface area contributed by atoms with Crippen molar-refractivity contribution >= 4 is 23.4 Å². The van der Waals surface area contributed by atoms with E-state index in [-0.39, 0.29) is 11.2 Å². The van der Waals surface area contributed by atoms with Gasteiger partial charge in [0.1, 0.15) is 0 Å². The van der Waals surface area contributed by atoms with Gasteiger partial charge in [-0.3, -0.25) is 4.79 Å². The van der Waals surface area contributed by atoms with Crippen LogP contribution in [0.15, 0.2) is 23.1 Å². The minimum atomic E-state index is -0.0462. The summed E-state index contributed by atoms with van der Waals surface area (Å²) in [5.41, 5.74) is 1.87. The summed E-state index contributed by atoms with van der Waals surface area (Å²) >= 11 is 1.56. The predicted octanol–water partition coefficient (Wildman–Crippen LogP) is 2.03. The normalized spacial score (nSPS) is 17.9. The van der Waals surface area contributed by atoms with Crippen LogP contribution in [0, 0.1) is 11.5 Å². The van der Waals surface area contributed by atoms with E-state index in [4.69, 9.17) is 5.26 Å². The first kappa shape index (κ1) is 11.8. The molecule has 0 saturated heterocycles. The fourth-order valence-electron chi connectivity index (χ4n) is 1.66. The molecule has 1 atom stereocenters. The van der Waals surface area contributed by atoms with Gasteiger partial charge in [0.25, 0.3) is 0 Å². The third-order valence-corrected chi connectivity index (χ3v) is 3.74. The summed E-state index contributed by atoms with van der Waals surface area (Å²) in [7, 11) is 1.73. The fourth-order valence-corrected chi connectivity index (χ4v) is 2.59. The number of carbonyl (C=O) groups is 1. The van der Waals surface area contributed by atoms with Crippen LogP contribution in [-0.2, 0) is 11.3 Å². The minimum Gasteiger partial charge on any atom is -0.324 e. The average Bonchev–Trinajstić information content (AvgIpc) is 2.31. The van der Waals surface area contributed by atoms with E-state index in [2.05, 4.69) is 11.5 Å². The molecule has 0 spiro atoms. The van der Waals surface area contributed by atoms with Crippen molar-refractivity contribution in [3.63, 3.8) is 0 Å². The first-order valence-corrected chi connectivity index (χ1v) is 6.19. The molecule has 0 bridgehead atoms. The Morgan fingerprint density at radius 1 is 1.59 bits per heavy atom. The number of benzene rings is 1. The maximum absolute atomic E-state index is 11.6. The molecular formula is C12H13N3OS. The second kappa shape index (κ2) is 4.68. The molecule has 0 radical (unpaired) electrons. The Hall–Kier alpha value is -1.67. The topological polar surface area (TPSA) is 56.1 Å². The van der Waals surface area contributed by atoms with Crippen molar-refractivity contribution in [2.45, 2.75) is 23.6 Å². The van der Waals surface area contributed by atoms with Crippen LogP contribution in [0.3, 0.4) is 0 Å². The van der Waals surface area contributed by atoms with Gasteiger partial charge in [-0.15, -0.1) is 11.8 Å². The maximum atomic E-state index is 11.6. The van der Waals surface area contributed by atoms with E-state index in [9.17, 15) is 4.79 Å². The molecule has 17 heavy (non-hydrogen) atoms. The number of amides is 1. The summed E-state index contributed by atoms with van der Waals surface area (Å²) in [5, 5.41) is 11.5. The van der Waals surface area contributed by atoms with Gasteiger partial charge in [-0.25, -0.2) is 0 Å². The van der Waals surface area contributed by atoms with Crippen LogP contribution < -0.4 is 5.32 Å². The van der Waals surface area contributed by atoms with Gasteiger partial charge >= 0.3 is 0 Å². The average molecular weight is 247 g/mol. The molecule has 1 unspecified atom stereocenters. The van der Waals surface area contributed by atoms with Crippen molar-refractivity contribution in [2.24, 2.45) is 0 Å². The predicted molar refractivity (Wildman–Crippen MR) is 67.5 cm³/mol. The van der Waals surface area contributed by atoms with Crippen LogP contribution in [-0.4, -0.2) is 23.1 Å². The van der Waals surface area contributed by atoms with E-state index >= 15 is 0 Å². The molecule has 0 fully saturated rings. The maximum Gasteiger partial charge on any atom is 0.237 e. The second-order valence-electron chi connectivity index (χ2n) is 4.04. The summed E-state index contributed by atoms with van der Waals surface area (Å²) in [5.74, 6) is 0.0355. The van der Waals surface area contributed by atoms with Crippen LogP contribution in [0.1, 0.15) is 12.5 Å². The zero-order valence-corrected chi connectivity index (χ0v) is 10.5. The lowest BCUT2D eigenvalue weighted by Gasteiger charge is -2.22. The van der Waals surface area contributed by atoms with Gasteiger partial charge in [0.2, 0.25) is 5.91 Å². The molecule has 0 aliphatic carbocycles. The molecule has 0 saturated carbocycles. The Bertz CT molecular complexity index is 495. The van der Waals surface area contributed by atoms with Crippen molar-refractivity contribution in [2.75, 3.05) is 12.4 Å². The molecule has 1 aromatic rings. The Labute approximate surface area is 105 Å². The largest absolute Gasteiger partial charge is 0.324 e. The highest BCUT2D eigenvalue weighted by Crippen LogP contribution is 2.35. The fraction of sp³-hybridized carbons (Fsp3) is 0.333. The van der Waals surface area contributed by atoms with Gasteiger partial charge in [-0.2, -0.15) is 5.26 Å². The number of rotatable bonds is 2. The van der Waals surface area contributed by atoms with Gasteiger partial charge in [-0.1, -0.05) is 6.07 Å². The number of nitrogens with zero attached hydrogens (tertiary/aromatic N) is 2. The number of hydrogen-bond donors (Lipinski definition) is 1. The summed E-state index contributed by atoms with van der Waals surface area (Å²) in [6.07, 6.45) is 2.05. The summed E-state index contributed by atoms with van der Waals surface area (Å²) < 4.78 is 0. The molecule has 1 heterocycles. The van der Waals surface area contributed by atoms with Gasteiger partial charge in [-0.05, 0) is 24.6 Å². The Kier molecular flexibility index (Phi) is 3.25. The zero-order chi connectivity index (χ0) is 12.4. The first-order valence-electron chi connectivity index (χ1n) is 5.31. The Balaban J connectivity index is 2.23. The molecule has 1 amide bonds. The molecule has 88 valence electrons. The summed E-state index contributed by atoms with van der Waals surface area (Å²) in [6.45, 7) is 2.44. The number of carbonyl (C=O) groups excluding carboxylic acids is 1. The molecule has 5 heteroatoms. The molecule has 0 aromatic heterocycles. The van der Waals surface area contributed by atoms with Gasteiger partial charge < -0.3 is 10.2 Å². The SMILES string of the molecule is CC1Sc2ccc(CN(C)C#N)cc2NC1=O. The van der Waals surface area contributed by atoms with Crippen molar-refractivity contribution in [3.8, 4) is 6.19 Å². The van der Waals surface area contributed by atoms with Gasteiger partial charge in [0.15, 0.2) is 6.19 Å². The summed E-state index contributed by atoms with van der Waals surface area (Å²) in [4.78, 5) is 14.2. The highest BCUT2D eigenvalue weighted by molar-refractivity contribution is 8.00. The van der Waals surface area contributed by atoms with E-state index in [0.29, 0.717) is 6.54 Å². The van der Waals surface area contributed by atoms with E-state index in [0.717, 1.165) is 16.1 Å². The number of hydrogen-bond acceptors (Lipinski definition) is 4. The smallest absolute Gasteiger partial charge is 0.237 e. The molecule has 1 aliphatic rings. The first-order chi connectivity index (χ1) is 8.10. The lowest BCUT2D eigenvalue weighted by atomic mass is 10.2. The van der Waals surface area contributed by atoms with Gasteiger partial charge in [0, 0.05) is 11.9 Å². The molecule has 2 rings (SSSR count). The van der Waals surface area contributed by atoms with Gasteiger partial charge in [0.05, 0.1) is 17.5 Å². The minimum absolute atomic E-state index is 0.0355. The number of anilines is 1. The Morgan fingerprint density at radius 3 is 3.06 bits per heavy atom. The van der Waals surface area contributed by atoms with E-state index < -0.39 is 0 Å². The monoisotopic (exact) mass is 247 g/mol. The lowest BCUT2D eigenvalue weighted by molar-refractivity contribution is -0.115. The third kappa shape index (κ3) is 2.53. The Morgan fingerprint density at radius 2 is 2.35 bits per heavy atom. The number of nitriles is 1. The third-order valence-electron chi connectivity index (χ3n) is 2.57. The number of nitrogens with one attached hydrogen (secondary N) is 1. The van der Waals surface area contributed by atoms with Crippen LogP contribution >= 0.6 is 11.8 Å². The highest BCUT2D eigenvalue weighted by Gasteiger charge is 2.22. The van der Waals surface area contributed by atoms with E-state index in [1.54, 1.807) is 23.7 Å². The molecule has 4 nitrogen and oxygen atoms in total. The van der Waals surface area contributed by atoms with Crippen LogP contribution in [0.4, 0.5) is 5.69 Å². The standard InChI is InChI=1S/C12H13N3OS/c1-8-12(16)14-10-5-9(6-15(2)7-13)3-4-11(10)17-8/h3-5,8H,6H2,1-2H3,(H,14,16). The molecule has 1 aromatic carbocycles. The highest BCUT2D eigenvalue weighted by atomic mass is 32.2. The second-order valence-corrected chi connectivity index (χ2v) is 5.42. The lowest BCUT2D eigenvalue weighted by Crippen LogP contribution is -2.26. The summed E-state index contributed by atoms with van der Waals surface area (Å²) in [6, 6.07) is 5.92. The van der Waals surface area contributed by atoms with Crippen molar-refractivity contribution in [3.05, 3.63) is 23.8 Å². The van der Waals surface area contributed by atoms with Crippen LogP contribution in [0.25, 0.3) is 0 Å². The van der Waals surface area contributed by atoms with E-state index in [1.807, 2.05) is 25.1 Å². The number of fused-ring (bicyclic) bond motifs is 1. The number of thioether (sulfide) groups is 1. The molecular weight excluding hydrogens is 234 g/mol. The van der Waals surface area contributed by atoms with Crippen LogP contribution in [0.5, 0.6) is 0 Å². The molecule has 1 aliphatic heterocycles. The quantitative estimate of drug-likeness (QED) is 0.642. The van der Waals surface area contributed by atoms with Crippen molar-refractivity contribution < 1.29 is 4.79 Å². The molecule has 1 N–H and O–H groups in total. The van der Waals surface area contributed by atoms with Crippen LogP contribution in [0.2, 0.25) is 0 Å². The van der Waals surface area contributed by atoms with Crippen molar-refractivity contribution in [1.82, 2.24) is 4.90 Å².